The lowest BCUT2D eigenvalue weighted by Crippen LogP contribution is -2.26. The van der Waals surface area contributed by atoms with Gasteiger partial charge in [0.2, 0.25) is 15.9 Å². The van der Waals surface area contributed by atoms with Crippen molar-refractivity contribution in [3.05, 3.63) is 48.0 Å². The second kappa shape index (κ2) is 8.26. The molecule has 7 nitrogen and oxygen atoms in total. The lowest BCUT2D eigenvalue weighted by molar-refractivity contribution is -0.115. The number of amides is 1. The molecule has 0 radical (unpaired) electrons. The molecule has 0 spiro atoms. The number of methoxy groups -OCH3 is 1. The number of anilines is 1. The predicted octanol–water partition coefficient (Wildman–Crippen LogP) is 3.13. The summed E-state index contributed by atoms with van der Waals surface area (Å²) in [5.74, 6) is 0.539. The summed E-state index contributed by atoms with van der Waals surface area (Å²) in [4.78, 5) is 16.9. The van der Waals surface area contributed by atoms with Gasteiger partial charge in [-0.05, 0) is 35.9 Å². The molecule has 9 heteroatoms. The summed E-state index contributed by atoms with van der Waals surface area (Å²) < 4.78 is 32.0. The SMILES string of the molecule is CCN(C)S(=O)(=O)c1ccc2nc(NC(=O)Cc3ccc(OC)cc3)sc2c1. The fraction of sp³-hybridized carbons (Fsp3) is 0.263. The van der Waals surface area contributed by atoms with Crippen LogP contribution in [0.2, 0.25) is 0 Å². The van der Waals surface area contributed by atoms with E-state index < -0.39 is 10.0 Å². The molecule has 0 fully saturated rings. The zero-order chi connectivity index (χ0) is 20.3. The molecule has 0 aliphatic carbocycles. The standard InChI is InChI=1S/C19H21N3O4S2/c1-4-22(2)28(24,25)15-9-10-16-17(12-15)27-19(20-16)21-18(23)11-13-5-7-14(26-3)8-6-13/h5-10,12H,4,11H2,1-3H3,(H,20,21,23). The van der Waals surface area contributed by atoms with Crippen LogP contribution in [0, 0.1) is 0 Å². The molecule has 3 rings (SSSR count). The van der Waals surface area contributed by atoms with Crippen LogP contribution in [-0.2, 0) is 21.2 Å². The van der Waals surface area contributed by atoms with Gasteiger partial charge in [-0.25, -0.2) is 17.7 Å². The number of aromatic nitrogens is 1. The number of rotatable bonds is 7. The summed E-state index contributed by atoms with van der Waals surface area (Å²) in [6.07, 6.45) is 0.209. The molecular weight excluding hydrogens is 398 g/mol. The quantitative estimate of drug-likeness (QED) is 0.636. The Morgan fingerprint density at radius 3 is 2.57 bits per heavy atom. The summed E-state index contributed by atoms with van der Waals surface area (Å²) in [5, 5.41) is 3.21. The average molecular weight is 420 g/mol. The Labute approximate surface area is 168 Å². The predicted molar refractivity (Wildman–Crippen MR) is 110 cm³/mol. The molecule has 0 atom stereocenters. The highest BCUT2D eigenvalue weighted by Crippen LogP contribution is 2.29. The van der Waals surface area contributed by atoms with Crippen molar-refractivity contribution in [2.24, 2.45) is 0 Å². The molecule has 2 aromatic carbocycles. The van der Waals surface area contributed by atoms with Gasteiger partial charge < -0.3 is 10.1 Å². The Bertz CT molecular complexity index is 1090. The monoisotopic (exact) mass is 419 g/mol. The van der Waals surface area contributed by atoms with Crippen LogP contribution in [0.1, 0.15) is 12.5 Å². The van der Waals surface area contributed by atoms with Crippen LogP contribution >= 0.6 is 11.3 Å². The van der Waals surface area contributed by atoms with Crippen LogP contribution in [0.25, 0.3) is 10.2 Å². The highest BCUT2D eigenvalue weighted by molar-refractivity contribution is 7.89. The molecule has 0 bridgehead atoms. The fourth-order valence-electron chi connectivity index (χ4n) is 2.56. The lowest BCUT2D eigenvalue weighted by Gasteiger charge is -2.14. The normalized spacial score (nSPS) is 11.7. The van der Waals surface area contributed by atoms with E-state index in [1.165, 1.54) is 28.8 Å². The number of carbonyl (C=O) groups is 1. The minimum atomic E-state index is -3.53. The number of fused-ring (bicyclic) bond motifs is 1. The van der Waals surface area contributed by atoms with Crippen molar-refractivity contribution >= 4 is 42.6 Å². The minimum Gasteiger partial charge on any atom is -0.497 e. The maximum absolute atomic E-state index is 12.5. The maximum Gasteiger partial charge on any atom is 0.242 e. The largest absolute Gasteiger partial charge is 0.497 e. The van der Waals surface area contributed by atoms with Gasteiger partial charge in [0.05, 0.1) is 28.6 Å². The Morgan fingerprint density at radius 1 is 1.21 bits per heavy atom. The van der Waals surface area contributed by atoms with Crippen molar-refractivity contribution in [1.82, 2.24) is 9.29 Å². The number of sulfonamides is 1. The van der Waals surface area contributed by atoms with Crippen LogP contribution in [0.3, 0.4) is 0 Å². The molecule has 0 aliphatic rings. The van der Waals surface area contributed by atoms with Gasteiger partial charge in [-0.15, -0.1) is 0 Å². The number of hydrogen-bond donors (Lipinski definition) is 1. The number of hydrogen-bond acceptors (Lipinski definition) is 6. The Hall–Kier alpha value is -2.49. The number of carbonyl (C=O) groups excluding carboxylic acids is 1. The van der Waals surface area contributed by atoms with Gasteiger partial charge in [0.25, 0.3) is 0 Å². The molecule has 1 N–H and O–H groups in total. The van der Waals surface area contributed by atoms with Crippen LogP contribution in [0.5, 0.6) is 5.75 Å². The summed E-state index contributed by atoms with van der Waals surface area (Å²) in [5.41, 5.74) is 1.50. The smallest absolute Gasteiger partial charge is 0.242 e. The maximum atomic E-state index is 12.5. The van der Waals surface area contributed by atoms with Crippen molar-refractivity contribution in [2.45, 2.75) is 18.2 Å². The number of ether oxygens (including phenoxy) is 1. The van der Waals surface area contributed by atoms with Crippen molar-refractivity contribution in [2.75, 3.05) is 26.0 Å². The first-order valence-electron chi connectivity index (χ1n) is 8.63. The zero-order valence-corrected chi connectivity index (χ0v) is 17.4. The molecule has 1 heterocycles. The van der Waals surface area contributed by atoms with E-state index >= 15 is 0 Å². The third-order valence-electron chi connectivity index (χ3n) is 4.28. The topological polar surface area (TPSA) is 88.6 Å². The number of benzene rings is 2. The fourth-order valence-corrected chi connectivity index (χ4v) is 4.76. The molecule has 1 aromatic heterocycles. The number of nitrogens with one attached hydrogen (secondary N) is 1. The van der Waals surface area contributed by atoms with Gasteiger partial charge >= 0.3 is 0 Å². The van der Waals surface area contributed by atoms with E-state index in [1.807, 2.05) is 12.1 Å². The van der Waals surface area contributed by atoms with Crippen molar-refractivity contribution < 1.29 is 17.9 Å². The first-order valence-corrected chi connectivity index (χ1v) is 10.9. The van der Waals surface area contributed by atoms with E-state index in [0.717, 1.165) is 11.3 Å². The molecule has 0 aliphatic heterocycles. The highest BCUT2D eigenvalue weighted by Gasteiger charge is 2.20. The third-order valence-corrected chi connectivity index (χ3v) is 7.15. The molecule has 0 unspecified atom stereocenters. The van der Waals surface area contributed by atoms with E-state index in [-0.39, 0.29) is 17.2 Å². The zero-order valence-electron chi connectivity index (χ0n) is 15.8. The Balaban J connectivity index is 1.75. The van der Waals surface area contributed by atoms with Gasteiger partial charge in [-0.1, -0.05) is 30.4 Å². The molecule has 148 valence electrons. The van der Waals surface area contributed by atoms with Crippen molar-refractivity contribution in [3.63, 3.8) is 0 Å². The molecule has 28 heavy (non-hydrogen) atoms. The molecule has 1 amide bonds. The van der Waals surface area contributed by atoms with Crippen molar-refractivity contribution in [1.29, 1.82) is 0 Å². The molecule has 3 aromatic rings. The summed E-state index contributed by atoms with van der Waals surface area (Å²) in [6.45, 7) is 2.16. The van der Waals surface area contributed by atoms with Crippen LogP contribution in [-0.4, -0.2) is 44.3 Å². The van der Waals surface area contributed by atoms with Crippen LogP contribution < -0.4 is 10.1 Å². The Kier molecular flexibility index (Phi) is 5.97. The van der Waals surface area contributed by atoms with E-state index in [2.05, 4.69) is 10.3 Å². The van der Waals surface area contributed by atoms with E-state index in [0.29, 0.717) is 21.9 Å². The third kappa shape index (κ3) is 4.32. The summed E-state index contributed by atoms with van der Waals surface area (Å²) in [7, 11) is -0.398. The van der Waals surface area contributed by atoms with E-state index in [9.17, 15) is 13.2 Å². The molecular formula is C19H21N3O4S2. The van der Waals surface area contributed by atoms with Crippen LogP contribution in [0.15, 0.2) is 47.4 Å². The Morgan fingerprint density at radius 2 is 1.93 bits per heavy atom. The van der Waals surface area contributed by atoms with Gasteiger partial charge in [-0.2, -0.15) is 0 Å². The molecule has 0 saturated heterocycles. The number of thiazole rings is 1. The van der Waals surface area contributed by atoms with Crippen molar-refractivity contribution in [3.8, 4) is 5.75 Å². The first-order chi connectivity index (χ1) is 13.3. The van der Waals surface area contributed by atoms with Crippen LogP contribution in [0.4, 0.5) is 5.13 Å². The van der Waals surface area contributed by atoms with E-state index in [1.54, 1.807) is 38.3 Å². The van der Waals surface area contributed by atoms with Gasteiger partial charge in [0.15, 0.2) is 5.13 Å². The second-order valence-corrected chi connectivity index (χ2v) is 9.22. The average Bonchev–Trinajstić information content (AvgIpc) is 3.08. The van der Waals surface area contributed by atoms with E-state index in [4.69, 9.17) is 4.74 Å². The summed E-state index contributed by atoms with van der Waals surface area (Å²) in [6, 6.07) is 12.0. The minimum absolute atomic E-state index is 0.192. The highest BCUT2D eigenvalue weighted by atomic mass is 32.2. The van der Waals surface area contributed by atoms with Gasteiger partial charge in [0.1, 0.15) is 5.75 Å². The number of nitrogens with zero attached hydrogens (tertiary/aromatic N) is 2. The molecule has 0 saturated carbocycles. The summed E-state index contributed by atoms with van der Waals surface area (Å²) >= 11 is 1.25. The second-order valence-electron chi connectivity index (χ2n) is 6.14. The van der Waals surface area contributed by atoms with Gasteiger partial charge in [-0.3, -0.25) is 4.79 Å². The first kappa shape index (κ1) is 20.2. The van der Waals surface area contributed by atoms with Gasteiger partial charge in [0, 0.05) is 13.6 Å². The lowest BCUT2D eigenvalue weighted by atomic mass is 10.1.